The number of benzene rings is 1. The van der Waals surface area contributed by atoms with Gasteiger partial charge >= 0.3 is 0 Å². The smallest absolute Gasteiger partial charge is 0.253 e. The molecule has 0 bridgehead atoms. The van der Waals surface area contributed by atoms with Crippen LogP contribution in [0.2, 0.25) is 0 Å². The number of hydrogen-bond acceptors (Lipinski definition) is 5. The Morgan fingerprint density at radius 1 is 1.18 bits per heavy atom. The van der Waals surface area contributed by atoms with Crippen LogP contribution in [0.5, 0.6) is 0 Å². The fourth-order valence-electron chi connectivity index (χ4n) is 2.82. The van der Waals surface area contributed by atoms with E-state index in [1.165, 1.54) is 5.56 Å². The zero-order valence-electron chi connectivity index (χ0n) is 15.4. The van der Waals surface area contributed by atoms with Gasteiger partial charge in [0.25, 0.3) is 5.91 Å². The number of thiazole rings is 1. The van der Waals surface area contributed by atoms with Gasteiger partial charge in [0.1, 0.15) is 0 Å². The molecule has 6 heteroatoms. The number of thiophene rings is 1. The highest BCUT2D eigenvalue weighted by Gasteiger charge is 2.19. The molecular formula is C22H19N3OS2. The molecule has 0 saturated heterocycles. The zero-order valence-corrected chi connectivity index (χ0v) is 17.0. The lowest BCUT2D eigenvalue weighted by Crippen LogP contribution is -2.28. The molecule has 0 saturated carbocycles. The van der Waals surface area contributed by atoms with Crippen molar-refractivity contribution in [2.75, 3.05) is 4.90 Å². The topological polar surface area (TPSA) is 46.1 Å². The van der Waals surface area contributed by atoms with Gasteiger partial charge in [-0.3, -0.25) is 14.7 Å². The van der Waals surface area contributed by atoms with Crippen LogP contribution in [0.25, 0.3) is 16.3 Å². The van der Waals surface area contributed by atoms with Gasteiger partial charge in [0.2, 0.25) is 0 Å². The number of anilines is 1. The van der Waals surface area contributed by atoms with Crippen molar-refractivity contribution in [3.8, 4) is 0 Å². The van der Waals surface area contributed by atoms with Crippen molar-refractivity contribution in [3.63, 3.8) is 0 Å². The van der Waals surface area contributed by atoms with E-state index in [2.05, 4.69) is 24.0 Å². The minimum absolute atomic E-state index is 0.103. The molecule has 0 aliphatic carbocycles. The lowest BCUT2D eigenvalue weighted by molar-refractivity contribution is -0.114. The van der Waals surface area contributed by atoms with E-state index in [0.717, 1.165) is 27.2 Å². The van der Waals surface area contributed by atoms with Gasteiger partial charge in [-0.25, -0.2) is 4.98 Å². The van der Waals surface area contributed by atoms with Crippen molar-refractivity contribution in [1.82, 2.24) is 9.97 Å². The first-order chi connectivity index (χ1) is 13.7. The van der Waals surface area contributed by atoms with Gasteiger partial charge < -0.3 is 0 Å². The van der Waals surface area contributed by atoms with E-state index in [0.29, 0.717) is 11.7 Å². The summed E-state index contributed by atoms with van der Waals surface area (Å²) in [7, 11) is 0. The molecule has 3 heterocycles. The van der Waals surface area contributed by atoms with E-state index >= 15 is 0 Å². The molecule has 0 N–H and O–H groups in total. The van der Waals surface area contributed by atoms with Crippen molar-refractivity contribution in [2.45, 2.75) is 19.9 Å². The maximum atomic E-state index is 13.0. The second-order valence-corrected chi connectivity index (χ2v) is 8.23. The van der Waals surface area contributed by atoms with Crippen molar-refractivity contribution in [1.29, 1.82) is 0 Å². The molecule has 4 nitrogen and oxygen atoms in total. The molecule has 0 aliphatic heterocycles. The molecule has 0 fully saturated rings. The molecule has 0 atom stereocenters. The molecule has 0 radical (unpaired) electrons. The van der Waals surface area contributed by atoms with Crippen LogP contribution in [0.1, 0.15) is 23.1 Å². The third-order valence-electron chi connectivity index (χ3n) is 4.33. The zero-order chi connectivity index (χ0) is 19.3. The molecule has 4 rings (SSSR count). The summed E-state index contributed by atoms with van der Waals surface area (Å²) in [5.74, 6) is -0.103. The average Bonchev–Trinajstić information content (AvgIpc) is 3.39. The van der Waals surface area contributed by atoms with Gasteiger partial charge in [-0.1, -0.05) is 36.5 Å². The minimum Gasteiger partial charge on any atom is -0.278 e. The van der Waals surface area contributed by atoms with Gasteiger partial charge in [0.15, 0.2) is 5.13 Å². The molecule has 0 spiro atoms. The fourth-order valence-corrected chi connectivity index (χ4v) is 4.47. The summed E-state index contributed by atoms with van der Waals surface area (Å²) in [6, 6.07) is 16.0. The normalized spacial score (nSPS) is 11.3. The highest BCUT2D eigenvalue weighted by Crippen LogP contribution is 2.31. The number of amides is 1. The molecule has 1 amide bonds. The monoisotopic (exact) mass is 405 g/mol. The second-order valence-electron chi connectivity index (χ2n) is 6.25. The number of carbonyl (C=O) groups excluding carboxylic acids is 1. The van der Waals surface area contributed by atoms with Crippen LogP contribution in [0.15, 0.2) is 66.2 Å². The number of rotatable bonds is 6. The van der Waals surface area contributed by atoms with Crippen LogP contribution >= 0.6 is 22.7 Å². The van der Waals surface area contributed by atoms with Gasteiger partial charge in [-0.05, 0) is 53.8 Å². The Morgan fingerprint density at radius 3 is 2.86 bits per heavy atom. The van der Waals surface area contributed by atoms with Crippen LogP contribution in [0, 0.1) is 0 Å². The first-order valence-electron chi connectivity index (χ1n) is 9.05. The first-order valence-corrected chi connectivity index (χ1v) is 10.7. The minimum atomic E-state index is -0.103. The Balaban J connectivity index is 1.68. The van der Waals surface area contributed by atoms with Crippen LogP contribution in [0.4, 0.5) is 5.13 Å². The van der Waals surface area contributed by atoms with Crippen molar-refractivity contribution in [3.05, 3.63) is 82.3 Å². The predicted octanol–water partition coefficient (Wildman–Crippen LogP) is 5.56. The van der Waals surface area contributed by atoms with Gasteiger partial charge in [-0.15, -0.1) is 11.3 Å². The first kappa shape index (κ1) is 18.5. The largest absolute Gasteiger partial charge is 0.278 e. The van der Waals surface area contributed by atoms with E-state index < -0.39 is 0 Å². The van der Waals surface area contributed by atoms with E-state index in [9.17, 15) is 4.79 Å². The van der Waals surface area contributed by atoms with E-state index in [-0.39, 0.29) is 5.91 Å². The number of aryl methyl sites for hydroxylation is 1. The quantitative estimate of drug-likeness (QED) is 0.394. The number of hydrogen-bond donors (Lipinski definition) is 0. The summed E-state index contributed by atoms with van der Waals surface area (Å²) in [6.45, 7) is 2.52. The molecule has 0 unspecified atom stereocenters. The van der Waals surface area contributed by atoms with Crippen molar-refractivity contribution < 1.29 is 4.79 Å². The predicted molar refractivity (Wildman–Crippen MR) is 118 cm³/mol. The third-order valence-corrected chi connectivity index (χ3v) is 6.21. The number of fused-ring (bicyclic) bond motifs is 1. The maximum Gasteiger partial charge on any atom is 0.253 e. The lowest BCUT2D eigenvalue weighted by atomic mass is 10.2. The Labute approximate surface area is 171 Å². The SMILES string of the molecule is CCc1ccc2nc(N(Cc3ccccn3)C(=O)/C=C/c3cccs3)sc2c1. The summed E-state index contributed by atoms with van der Waals surface area (Å²) in [4.78, 5) is 24.9. The van der Waals surface area contributed by atoms with Crippen molar-refractivity contribution >= 4 is 50.0 Å². The molecular weight excluding hydrogens is 386 g/mol. The second kappa shape index (κ2) is 8.46. The molecule has 3 aromatic heterocycles. The molecule has 4 aromatic rings. The number of carbonyl (C=O) groups is 1. The summed E-state index contributed by atoms with van der Waals surface area (Å²) in [5.41, 5.74) is 3.01. The van der Waals surface area contributed by atoms with E-state index in [1.54, 1.807) is 39.8 Å². The Hall–Kier alpha value is -2.83. The van der Waals surface area contributed by atoms with Gasteiger partial charge in [0, 0.05) is 17.2 Å². The van der Waals surface area contributed by atoms with Crippen LogP contribution in [-0.2, 0) is 17.8 Å². The maximum absolute atomic E-state index is 13.0. The number of aromatic nitrogens is 2. The van der Waals surface area contributed by atoms with Crippen molar-refractivity contribution in [2.24, 2.45) is 0 Å². The van der Waals surface area contributed by atoms with Crippen LogP contribution in [0.3, 0.4) is 0 Å². The Morgan fingerprint density at radius 2 is 2.11 bits per heavy atom. The van der Waals surface area contributed by atoms with Gasteiger partial charge in [-0.2, -0.15) is 0 Å². The molecule has 140 valence electrons. The average molecular weight is 406 g/mol. The highest BCUT2D eigenvalue weighted by atomic mass is 32.1. The van der Waals surface area contributed by atoms with Crippen LogP contribution in [-0.4, -0.2) is 15.9 Å². The standard InChI is InChI=1S/C22H19N3OS2/c1-2-16-8-10-19-20(14-16)28-22(24-19)25(15-17-6-3-4-12-23-17)21(26)11-9-18-7-5-13-27-18/h3-14H,2,15H2,1H3/b11-9+. The van der Waals surface area contributed by atoms with Gasteiger partial charge in [0.05, 0.1) is 22.5 Å². The molecule has 0 aliphatic rings. The van der Waals surface area contributed by atoms with Crippen LogP contribution < -0.4 is 4.90 Å². The molecule has 28 heavy (non-hydrogen) atoms. The summed E-state index contributed by atoms with van der Waals surface area (Å²) in [5, 5.41) is 2.68. The van der Waals surface area contributed by atoms with E-state index in [4.69, 9.17) is 4.98 Å². The Bertz CT molecular complexity index is 1100. The molecule has 1 aromatic carbocycles. The fraction of sp³-hybridized carbons (Fsp3) is 0.136. The lowest BCUT2D eigenvalue weighted by Gasteiger charge is -2.17. The Kier molecular flexibility index (Phi) is 5.60. The third kappa shape index (κ3) is 4.18. The number of nitrogens with zero attached hydrogens (tertiary/aromatic N) is 3. The van der Waals surface area contributed by atoms with E-state index in [1.807, 2.05) is 47.9 Å². The number of pyridine rings is 1. The summed E-state index contributed by atoms with van der Waals surface area (Å²) < 4.78 is 1.09. The summed E-state index contributed by atoms with van der Waals surface area (Å²) >= 11 is 3.14. The summed E-state index contributed by atoms with van der Waals surface area (Å²) in [6.07, 6.45) is 6.17. The highest BCUT2D eigenvalue weighted by molar-refractivity contribution is 7.22.